The largest absolute Gasteiger partial charge is 0.376 e. The molecule has 4 nitrogen and oxygen atoms in total. The molecule has 0 bridgehead atoms. The number of ether oxygens (including phenoxy) is 1. The third kappa shape index (κ3) is 3.53. The first-order chi connectivity index (χ1) is 8.15. The Morgan fingerprint density at radius 1 is 1.47 bits per heavy atom. The Hall–Kier alpha value is -0.390. The smallest absolute Gasteiger partial charge is 0.0783 e. The lowest BCUT2D eigenvalue weighted by Crippen LogP contribution is -2.31. The van der Waals surface area contributed by atoms with Crippen LogP contribution in [0.25, 0.3) is 0 Å². The molecule has 2 N–H and O–H groups in total. The molecule has 1 heterocycles. The molecule has 0 amide bonds. The van der Waals surface area contributed by atoms with E-state index in [-0.39, 0.29) is 12.1 Å². The van der Waals surface area contributed by atoms with Crippen LogP contribution in [0.15, 0.2) is 10.7 Å². The van der Waals surface area contributed by atoms with Gasteiger partial charge in [0.25, 0.3) is 0 Å². The van der Waals surface area contributed by atoms with Gasteiger partial charge in [0, 0.05) is 13.2 Å². The van der Waals surface area contributed by atoms with Crippen molar-refractivity contribution in [3.8, 4) is 0 Å². The molecule has 5 heteroatoms. The molecule has 0 spiro atoms. The number of hydrogen-bond donors (Lipinski definition) is 1. The van der Waals surface area contributed by atoms with Crippen molar-refractivity contribution in [3.63, 3.8) is 0 Å². The minimum absolute atomic E-state index is 0.0586. The van der Waals surface area contributed by atoms with Crippen LogP contribution in [-0.2, 0) is 11.3 Å². The van der Waals surface area contributed by atoms with Crippen molar-refractivity contribution in [3.05, 3.63) is 16.4 Å². The number of aryl methyl sites for hydroxylation is 1. The molecule has 0 aromatic carbocycles. The fraction of sp³-hybridized carbons (Fsp3) is 0.750. The van der Waals surface area contributed by atoms with E-state index in [2.05, 4.69) is 34.9 Å². The van der Waals surface area contributed by atoms with Crippen molar-refractivity contribution in [2.45, 2.75) is 52.3 Å². The van der Waals surface area contributed by atoms with E-state index >= 15 is 0 Å². The van der Waals surface area contributed by atoms with E-state index < -0.39 is 0 Å². The fourth-order valence-corrected chi connectivity index (χ4v) is 2.56. The second kappa shape index (κ2) is 7.13. The fourth-order valence-electron chi connectivity index (χ4n) is 2.00. The van der Waals surface area contributed by atoms with Gasteiger partial charge < -0.3 is 10.5 Å². The molecule has 1 aromatic rings. The van der Waals surface area contributed by atoms with Crippen LogP contribution in [0, 0.1) is 0 Å². The third-order valence-electron chi connectivity index (χ3n) is 2.80. The topological polar surface area (TPSA) is 53.1 Å². The van der Waals surface area contributed by atoms with E-state index in [1.807, 2.05) is 11.6 Å². The summed E-state index contributed by atoms with van der Waals surface area (Å²) in [5.74, 6) is 0. The van der Waals surface area contributed by atoms with Crippen LogP contribution in [0.2, 0.25) is 0 Å². The molecular weight excluding hydrogens is 282 g/mol. The van der Waals surface area contributed by atoms with Gasteiger partial charge in [0.15, 0.2) is 0 Å². The number of halogens is 1. The predicted octanol–water partition coefficient (Wildman–Crippen LogP) is 2.87. The van der Waals surface area contributed by atoms with Gasteiger partial charge >= 0.3 is 0 Å². The Morgan fingerprint density at radius 2 is 2.18 bits per heavy atom. The van der Waals surface area contributed by atoms with Gasteiger partial charge in [-0.1, -0.05) is 13.3 Å². The van der Waals surface area contributed by atoms with E-state index in [0.717, 1.165) is 29.6 Å². The molecule has 0 aliphatic rings. The lowest BCUT2D eigenvalue weighted by Gasteiger charge is -2.24. The maximum absolute atomic E-state index is 6.32. The Kier molecular flexibility index (Phi) is 6.16. The van der Waals surface area contributed by atoms with Crippen molar-refractivity contribution >= 4 is 15.9 Å². The predicted molar refractivity (Wildman–Crippen MR) is 72.9 cm³/mol. The molecule has 0 fully saturated rings. The van der Waals surface area contributed by atoms with Crippen LogP contribution < -0.4 is 5.73 Å². The van der Waals surface area contributed by atoms with E-state index in [1.165, 1.54) is 0 Å². The molecule has 98 valence electrons. The minimum atomic E-state index is -0.133. The summed E-state index contributed by atoms with van der Waals surface area (Å²) < 4.78 is 8.63. The molecule has 0 saturated heterocycles. The van der Waals surface area contributed by atoms with Crippen molar-refractivity contribution in [2.75, 3.05) is 6.61 Å². The normalized spacial score (nSPS) is 14.9. The molecule has 0 aliphatic carbocycles. The monoisotopic (exact) mass is 303 g/mol. The average Bonchev–Trinajstić information content (AvgIpc) is 2.69. The Bertz CT molecular complexity index is 334. The second-order valence-electron chi connectivity index (χ2n) is 4.00. The molecule has 1 aromatic heterocycles. The Balaban J connectivity index is 2.90. The van der Waals surface area contributed by atoms with Gasteiger partial charge in [-0.3, -0.25) is 4.68 Å². The van der Waals surface area contributed by atoms with Gasteiger partial charge in [-0.25, -0.2) is 0 Å². The van der Waals surface area contributed by atoms with E-state index in [0.29, 0.717) is 6.61 Å². The van der Waals surface area contributed by atoms with Crippen LogP contribution in [-0.4, -0.2) is 22.5 Å². The van der Waals surface area contributed by atoms with Crippen LogP contribution in [0.4, 0.5) is 0 Å². The Labute approximate surface area is 112 Å². The van der Waals surface area contributed by atoms with Crippen molar-refractivity contribution in [2.24, 2.45) is 5.73 Å². The highest BCUT2D eigenvalue weighted by Gasteiger charge is 2.24. The van der Waals surface area contributed by atoms with Crippen LogP contribution in [0.5, 0.6) is 0 Å². The molecule has 2 atom stereocenters. The van der Waals surface area contributed by atoms with Gasteiger partial charge in [-0.15, -0.1) is 0 Å². The zero-order chi connectivity index (χ0) is 12.8. The second-order valence-corrected chi connectivity index (χ2v) is 4.86. The molecule has 2 unspecified atom stereocenters. The van der Waals surface area contributed by atoms with E-state index in [4.69, 9.17) is 10.5 Å². The summed E-state index contributed by atoms with van der Waals surface area (Å²) in [6, 6.07) is -0.133. The zero-order valence-corrected chi connectivity index (χ0v) is 12.4. The summed E-state index contributed by atoms with van der Waals surface area (Å²) in [7, 11) is 0. The quantitative estimate of drug-likeness (QED) is 0.842. The standard InChI is InChI=1S/C12H22BrN3O/c1-4-7-10(17-6-3)11(14)12-9(13)8-15-16(12)5-2/h8,10-11H,4-7,14H2,1-3H3. The maximum atomic E-state index is 6.32. The maximum Gasteiger partial charge on any atom is 0.0783 e. The molecular formula is C12H22BrN3O. The van der Waals surface area contributed by atoms with Gasteiger partial charge in [-0.05, 0) is 36.2 Å². The van der Waals surface area contributed by atoms with Crippen LogP contribution >= 0.6 is 15.9 Å². The van der Waals surface area contributed by atoms with Gasteiger partial charge in [-0.2, -0.15) is 5.10 Å². The van der Waals surface area contributed by atoms with Crippen molar-refractivity contribution in [1.29, 1.82) is 0 Å². The summed E-state index contributed by atoms with van der Waals surface area (Å²) in [4.78, 5) is 0. The van der Waals surface area contributed by atoms with Crippen LogP contribution in [0.1, 0.15) is 45.3 Å². The zero-order valence-electron chi connectivity index (χ0n) is 10.8. The van der Waals surface area contributed by atoms with E-state index in [1.54, 1.807) is 6.20 Å². The molecule has 0 saturated carbocycles. The summed E-state index contributed by atoms with van der Waals surface area (Å²) >= 11 is 3.51. The molecule has 0 radical (unpaired) electrons. The van der Waals surface area contributed by atoms with Crippen molar-refractivity contribution < 1.29 is 4.74 Å². The first kappa shape index (κ1) is 14.7. The first-order valence-corrected chi connectivity index (χ1v) is 7.03. The average molecular weight is 304 g/mol. The summed E-state index contributed by atoms with van der Waals surface area (Å²) in [6.07, 6.45) is 3.89. The van der Waals surface area contributed by atoms with Gasteiger partial charge in [0.05, 0.1) is 28.5 Å². The third-order valence-corrected chi connectivity index (χ3v) is 3.41. The summed E-state index contributed by atoms with van der Waals surface area (Å²) in [5.41, 5.74) is 7.34. The number of nitrogens with zero attached hydrogens (tertiary/aromatic N) is 2. The Morgan fingerprint density at radius 3 is 2.71 bits per heavy atom. The number of aromatic nitrogens is 2. The lowest BCUT2D eigenvalue weighted by molar-refractivity contribution is 0.0353. The molecule has 1 rings (SSSR count). The van der Waals surface area contributed by atoms with Crippen molar-refractivity contribution in [1.82, 2.24) is 9.78 Å². The highest BCUT2D eigenvalue weighted by atomic mass is 79.9. The van der Waals surface area contributed by atoms with Gasteiger partial charge in [0.1, 0.15) is 0 Å². The number of rotatable bonds is 7. The first-order valence-electron chi connectivity index (χ1n) is 6.23. The van der Waals surface area contributed by atoms with Crippen LogP contribution in [0.3, 0.4) is 0 Å². The summed E-state index contributed by atoms with van der Waals surface area (Å²) in [6.45, 7) is 7.72. The van der Waals surface area contributed by atoms with Gasteiger partial charge in [0.2, 0.25) is 0 Å². The molecule has 17 heavy (non-hydrogen) atoms. The number of nitrogens with two attached hydrogens (primary N) is 1. The highest BCUT2D eigenvalue weighted by molar-refractivity contribution is 9.10. The number of hydrogen-bond acceptors (Lipinski definition) is 3. The SMILES string of the molecule is CCCC(OCC)C(N)c1c(Br)cnn1CC. The summed E-state index contributed by atoms with van der Waals surface area (Å²) in [5, 5.41) is 4.29. The lowest BCUT2D eigenvalue weighted by atomic mass is 10.0. The highest BCUT2D eigenvalue weighted by Crippen LogP contribution is 2.27. The minimum Gasteiger partial charge on any atom is -0.376 e. The molecule has 0 aliphatic heterocycles. The van der Waals surface area contributed by atoms with E-state index in [9.17, 15) is 0 Å².